The molecule has 0 aliphatic carbocycles. The molecule has 10 aromatic rings. The van der Waals surface area contributed by atoms with E-state index in [1.165, 1.54) is 0 Å². The van der Waals surface area contributed by atoms with E-state index in [1.54, 1.807) is 31.2 Å². The summed E-state index contributed by atoms with van der Waals surface area (Å²) in [4.78, 5) is 29.8. The van der Waals surface area contributed by atoms with Crippen LogP contribution in [0.25, 0.3) is 66.8 Å². The van der Waals surface area contributed by atoms with Gasteiger partial charge >= 0.3 is 5.97 Å². The van der Waals surface area contributed by atoms with Crippen LogP contribution in [0.15, 0.2) is 267 Å². The molecule has 0 heterocycles. The van der Waals surface area contributed by atoms with Gasteiger partial charge in [0.05, 0.1) is 5.92 Å². The van der Waals surface area contributed by atoms with Crippen molar-refractivity contribution in [3.63, 3.8) is 0 Å². The first-order valence-corrected chi connectivity index (χ1v) is 27.6. The minimum absolute atomic E-state index is 0.334. The predicted octanol–water partition coefficient (Wildman–Crippen LogP) is 15.7. The van der Waals surface area contributed by atoms with Crippen LogP contribution in [-0.2, 0) is 27.4 Å². The minimum atomic E-state index is -3.91. The lowest BCUT2D eigenvalue weighted by atomic mass is 9.92. The van der Waals surface area contributed by atoms with Crippen LogP contribution in [-0.4, -0.2) is 31.3 Å². The lowest BCUT2D eigenvalue weighted by Crippen LogP contribution is -2.52. The van der Waals surface area contributed by atoms with E-state index >= 15 is 4.79 Å². The molecule has 10 aromatic carbocycles. The number of hydrogen-bond acceptors (Lipinski definition) is 4. The van der Waals surface area contributed by atoms with Crippen LogP contribution in [0, 0.1) is 5.92 Å². The average molecular weight is 965 g/mol. The Kier molecular flexibility index (Phi) is 14.7. The van der Waals surface area contributed by atoms with Crippen molar-refractivity contribution in [2.45, 2.75) is 31.2 Å². The second kappa shape index (κ2) is 22.3. The first kappa shape index (κ1) is 48.2. The van der Waals surface area contributed by atoms with Gasteiger partial charge in [0.2, 0.25) is 0 Å². The molecule has 0 spiro atoms. The molecule has 0 unspecified atom stereocenters. The Bertz CT molecular complexity index is 2960. The van der Waals surface area contributed by atoms with Crippen molar-refractivity contribution in [3.05, 3.63) is 289 Å². The van der Waals surface area contributed by atoms with Gasteiger partial charge in [-0.1, -0.05) is 274 Å². The Morgan fingerprint density at radius 3 is 0.836 bits per heavy atom. The fraction of sp³-hybridized carbons (Fsp3) is 0.0882. The summed E-state index contributed by atoms with van der Waals surface area (Å²) < 4.78 is 7.56. The maximum absolute atomic E-state index is 15.6. The van der Waals surface area contributed by atoms with Gasteiger partial charge in [0, 0.05) is 23.7 Å². The third-order valence-corrected chi connectivity index (χ3v) is 17.7. The summed E-state index contributed by atoms with van der Waals surface area (Å²) in [6.07, 6.45) is -1.76. The summed E-state index contributed by atoms with van der Waals surface area (Å²) in [6, 6.07) is 91.9. The second-order valence-electron chi connectivity index (χ2n) is 18.8. The molecule has 1 N–H and O–H groups in total. The zero-order chi connectivity index (χ0) is 50.0. The minimum Gasteiger partial charge on any atom is -0.516 e. The molecule has 0 bridgehead atoms. The monoisotopic (exact) mass is 964 g/mol. The highest BCUT2D eigenvalue weighted by molar-refractivity contribution is 6.74. The van der Waals surface area contributed by atoms with Crippen LogP contribution < -0.4 is 0 Å². The van der Waals surface area contributed by atoms with Crippen molar-refractivity contribution in [3.8, 4) is 66.8 Å². The van der Waals surface area contributed by atoms with Gasteiger partial charge in [-0.3, -0.25) is 9.59 Å². The number of ketones is 1. The largest absolute Gasteiger partial charge is 0.516 e. The summed E-state index contributed by atoms with van der Waals surface area (Å²) in [7, 11) is -3.91. The zero-order valence-electron chi connectivity index (χ0n) is 40.9. The van der Waals surface area contributed by atoms with Gasteiger partial charge in [0.25, 0.3) is 8.32 Å². The summed E-state index contributed by atoms with van der Waals surface area (Å²) in [5.74, 6) is -2.23. The first-order valence-electron chi connectivity index (χ1n) is 25.0. The Morgan fingerprint density at radius 2 is 0.589 bits per heavy atom. The molecule has 356 valence electrons. The van der Waals surface area contributed by atoms with E-state index in [-0.39, 0.29) is 5.78 Å². The average Bonchev–Trinajstić information content (AvgIpc) is 3.46. The second-order valence-corrected chi connectivity index (χ2v) is 22.4. The maximum Gasteiger partial charge on any atom is 0.322 e. The van der Waals surface area contributed by atoms with Crippen molar-refractivity contribution in [1.82, 2.24) is 0 Å². The van der Waals surface area contributed by atoms with Crippen LogP contribution in [0.3, 0.4) is 0 Å². The van der Waals surface area contributed by atoms with Gasteiger partial charge in [-0.05, 0) is 83.5 Å². The lowest BCUT2D eigenvalue weighted by molar-refractivity contribution is -0.146. The van der Waals surface area contributed by atoms with Crippen LogP contribution in [0.1, 0.15) is 34.0 Å². The predicted molar refractivity (Wildman–Crippen MR) is 301 cm³/mol. The molecule has 5 heteroatoms. The highest BCUT2D eigenvalue weighted by Gasteiger charge is 2.45. The number of hydrogen-bond donors (Lipinski definition) is 1. The number of benzene rings is 10. The molecule has 0 aliphatic heterocycles. The molecule has 0 saturated heterocycles. The Hall–Kier alpha value is -8.48. The standard InChI is InChI=1S/C68H56O4Si/c1-49(66(69)56-38-21-8-22-39-56)67(70)68(71)72-73(46-63-57(50-26-9-2-10-27-50)40-23-41-58(63)51-28-11-3-12-29-51,47-64-59(52-30-13-4-14-31-52)42-24-43-60(64)53-32-15-5-16-33-53)48-65-61(54-34-17-6-18-35-54)44-25-45-62(65)55-36-19-7-20-37-55/h2-45,49,67,70H,46-48H2,1H3/t49-,67+/m0/s1. The van der Waals surface area contributed by atoms with Gasteiger partial charge in [-0.15, -0.1) is 0 Å². The molecule has 10 rings (SSSR count). The summed E-state index contributed by atoms with van der Waals surface area (Å²) in [5.41, 5.74) is 15.9. The fourth-order valence-electron chi connectivity index (χ4n) is 10.4. The van der Waals surface area contributed by atoms with Gasteiger partial charge in [0.15, 0.2) is 11.9 Å². The van der Waals surface area contributed by atoms with Gasteiger partial charge < -0.3 is 9.53 Å². The van der Waals surface area contributed by atoms with Crippen molar-refractivity contribution < 1.29 is 19.1 Å². The molecular formula is C68H56O4Si. The van der Waals surface area contributed by atoms with Crippen molar-refractivity contribution >= 4 is 20.1 Å². The van der Waals surface area contributed by atoms with E-state index in [4.69, 9.17) is 4.43 Å². The first-order chi connectivity index (χ1) is 35.9. The molecule has 0 radical (unpaired) electrons. The van der Waals surface area contributed by atoms with Crippen LogP contribution >= 0.6 is 0 Å². The molecular weight excluding hydrogens is 909 g/mol. The van der Waals surface area contributed by atoms with E-state index in [1.807, 2.05) is 42.5 Å². The van der Waals surface area contributed by atoms with E-state index < -0.39 is 26.3 Å². The molecule has 2 atom stereocenters. The van der Waals surface area contributed by atoms with E-state index in [9.17, 15) is 9.90 Å². The van der Waals surface area contributed by atoms with E-state index in [0.29, 0.717) is 23.7 Å². The van der Waals surface area contributed by atoms with Crippen molar-refractivity contribution in [1.29, 1.82) is 0 Å². The smallest absolute Gasteiger partial charge is 0.322 e. The SMILES string of the molecule is C[C@@H](C(=O)c1ccccc1)[C@@H](O)C(=O)O[Si](Cc1c(-c2ccccc2)cccc1-c1ccccc1)(Cc1c(-c2ccccc2)cccc1-c1ccccc1)Cc1c(-c2ccccc2)cccc1-c1ccccc1. The number of Topliss-reactive ketones (excluding diaryl/α,β-unsaturated/α-hetero) is 1. The number of carbonyl (C=O) groups excluding carboxylic acids is 2. The highest BCUT2D eigenvalue weighted by atomic mass is 28.4. The summed E-state index contributed by atoms with van der Waals surface area (Å²) >= 11 is 0. The maximum atomic E-state index is 15.6. The number of aliphatic hydroxyl groups is 1. The molecule has 0 amide bonds. The normalized spacial score (nSPS) is 12.1. The summed E-state index contributed by atoms with van der Waals surface area (Å²) in [6.45, 7) is 1.62. The summed E-state index contributed by atoms with van der Waals surface area (Å²) in [5, 5.41) is 12.4. The van der Waals surface area contributed by atoms with E-state index in [2.05, 4.69) is 200 Å². The molecule has 0 saturated carbocycles. The van der Waals surface area contributed by atoms with Gasteiger partial charge in [0.1, 0.15) is 0 Å². The van der Waals surface area contributed by atoms with Crippen molar-refractivity contribution in [2.75, 3.05) is 0 Å². The van der Waals surface area contributed by atoms with Crippen molar-refractivity contribution in [2.24, 2.45) is 5.92 Å². The topological polar surface area (TPSA) is 63.6 Å². The van der Waals surface area contributed by atoms with Gasteiger partial charge in [-0.2, -0.15) is 0 Å². The van der Waals surface area contributed by atoms with E-state index in [0.717, 1.165) is 83.5 Å². The quantitative estimate of drug-likeness (QED) is 0.0729. The third-order valence-electron chi connectivity index (χ3n) is 14.0. The van der Waals surface area contributed by atoms with Crippen LogP contribution in [0.2, 0.25) is 0 Å². The zero-order valence-corrected chi connectivity index (χ0v) is 41.9. The Labute approximate surface area is 430 Å². The van der Waals surface area contributed by atoms with Crippen LogP contribution in [0.4, 0.5) is 0 Å². The Balaban J connectivity index is 1.29. The fourth-order valence-corrected chi connectivity index (χ4v) is 14.6. The molecule has 0 fully saturated rings. The highest BCUT2D eigenvalue weighted by Crippen LogP contribution is 2.43. The Morgan fingerprint density at radius 1 is 0.356 bits per heavy atom. The van der Waals surface area contributed by atoms with Gasteiger partial charge in [-0.25, -0.2) is 0 Å². The number of carbonyl (C=O) groups is 2. The molecule has 4 nitrogen and oxygen atoms in total. The number of rotatable bonds is 17. The molecule has 73 heavy (non-hydrogen) atoms. The molecule has 0 aliphatic rings. The lowest BCUT2D eigenvalue weighted by Gasteiger charge is -2.36. The number of aliphatic hydroxyl groups excluding tert-OH is 1. The third kappa shape index (κ3) is 10.8. The molecule has 0 aromatic heterocycles. The van der Waals surface area contributed by atoms with Crippen LogP contribution in [0.5, 0.6) is 0 Å².